The first-order valence-electron chi connectivity index (χ1n) is 7.25. The molecule has 3 aromatic rings. The first-order valence-corrected chi connectivity index (χ1v) is 7.25. The Bertz CT molecular complexity index is 885. The van der Waals surface area contributed by atoms with Crippen LogP contribution in [0.5, 0.6) is 11.5 Å². The molecule has 0 unspecified atom stereocenters. The predicted molar refractivity (Wildman–Crippen MR) is 89.8 cm³/mol. The quantitative estimate of drug-likeness (QED) is 0.495. The van der Waals surface area contributed by atoms with Crippen molar-refractivity contribution >= 4 is 17.8 Å². The lowest BCUT2D eigenvalue weighted by Gasteiger charge is -2.05. The molecule has 6 nitrogen and oxygen atoms in total. The Kier molecular flexibility index (Phi) is 4.38. The van der Waals surface area contributed by atoms with Crippen molar-refractivity contribution in [1.82, 2.24) is 5.16 Å². The number of benzene rings is 2. The summed E-state index contributed by atoms with van der Waals surface area (Å²) in [5.41, 5.74) is 0.954. The minimum absolute atomic E-state index is 0.117. The Morgan fingerprint density at radius 2 is 1.83 bits per heavy atom. The fourth-order valence-corrected chi connectivity index (χ4v) is 2.19. The topological polar surface area (TPSA) is 78.4 Å². The van der Waals surface area contributed by atoms with Gasteiger partial charge in [0.2, 0.25) is 5.76 Å². The zero-order valence-corrected chi connectivity index (χ0v) is 12.9. The lowest BCUT2D eigenvalue weighted by molar-refractivity contribution is -0.386. The molecule has 6 heteroatoms. The number of ether oxygens (including phenoxy) is 1. The van der Waals surface area contributed by atoms with Crippen LogP contribution in [0.4, 0.5) is 5.69 Å². The summed E-state index contributed by atoms with van der Waals surface area (Å²) in [6, 6.07) is 16.8. The molecule has 0 saturated heterocycles. The maximum absolute atomic E-state index is 11.0. The largest absolute Gasteiger partial charge is 0.457 e. The number of rotatable bonds is 5. The van der Waals surface area contributed by atoms with Crippen molar-refractivity contribution in [2.24, 2.45) is 0 Å². The SMILES string of the molecule is Cc1noc(/C=C/c2cccc(Oc3ccccc3)c2)c1[N+](=O)[O-]. The van der Waals surface area contributed by atoms with Crippen LogP contribution in [-0.2, 0) is 0 Å². The number of nitrogens with zero attached hydrogens (tertiary/aromatic N) is 2. The highest BCUT2D eigenvalue weighted by atomic mass is 16.6. The van der Waals surface area contributed by atoms with E-state index in [0.29, 0.717) is 5.75 Å². The number of aromatic nitrogens is 1. The lowest BCUT2D eigenvalue weighted by atomic mass is 10.2. The van der Waals surface area contributed by atoms with Crippen molar-refractivity contribution in [3.05, 3.63) is 81.7 Å². The van der Waals surface area contributed by atoms with E-state index in [0.717, 1.165) is 11.3 Å². The number of para-hydroxylation sites is 1. The van der Waals surface area contributed by atoms with E-state index >= 15 is 0 Å². The van der Waals surface area contributed by atoms with Crippen molar-refractivity contribution in [2.75, 3.05) is 0 Å². The van der Waals surface area contributed by atoms with Gasteiger partial charge in [0.05, 0.1) is 4.92 Å². The van der Waals surface area contributed by atoms with Crippen LogP contribution in [0.15, 0.2) is 59.1 Å². The van der Waals surface area contributed by atoms with E-state index in [4.69, 9.17) is 9.26 Å². The predicted octanol–water partition coefficient (Wildman–Crippen LogP) is 4.85. The van der Waals surface area contributed by atoms with Gasteiger partial charge >= 0.3 is 5.69 Å². The summed E-state index contributed by atoms with van der Waals surface area (Å²) in [7, 11) is 0. The molecule has 0 fully saturated rings. The summed E-state index contributed by atoms with van der Waals surface area (Å²) in [6.45, 7) is 1.54. The molecule has 0 radical (unpaired) electrons. The van der Waals surface area contributed by atoms with E-state index in [9.17, 15) is 10.1 Å². The second kappa shape index (κ2) is 6.78. The molecular formula is C18H14N2O4. The number of hydrogen-bond acceptors (Lipinski definition) is 5. The molecule has 0 amide bonds. The monoisotopic (exact) mass is 322 g/mol. The summed E-state index contributed by atoms with van der Waals surface area (Å²) in [6.07, 6.45) is 3.24. The van der Waals surface area contributed by atoms with Gasteiger partial charge in [-0.05, 0) is 42.8 Å². The van der Waals surface area contributed by atoms with Crippen LogP contribution in [0, 0.1) is 17.0 Å². The Balaban J connectivity index is 1.81. The van der Waals surface area contributed by atoms with E-state index < -0.39 is 4.92 Å². The molecule has 0 aliphatic rings. The second-order valence-corrected chi connectivity index (χ2v) is 5.06. The zero-order chi connectivity index (χ0) is 16.9. The molecule has 0 aliphatic heterocycles. The summed E-state index contributed by atoms with van der Waals surface area (Å²) < 4.78 is 10.8. The third kappa shape index (κ3) is 3.49. The molecule has 0 atom stereocenters. The molecule has 1 aromatic heterocycles. The maximum atomic E-state index is 11.0. The molecule has 120 valence electrons. The summed E-state index contributed by atoms with van der Waals surface area (Å²) in [5.74, 6) is 1.53. The zero-order valence-electron chi connectivity index (χ0n) is 12.9. The third-order valence-electron chi connectivity index (χ3n) is 3.30. The highest BCUT2D eigenvalue weighted by molar-refractivity contribution is 5.72. The van der Waals surface area contributed by atoms with Crippen LogP contribution in [-0.4, -0.2) is 10.1 Å². The fourth-order valence-electron chi connectivity index (χ4n) is 2.19. The Hall–Kier alpha value is -3.41. The van der Waals surface area contributed by atoms with Gasteiger partial charge in [-0.2, -0.15) is 0 Å². The molecule has 0 N–H and O–H groups in total. The van der Waals surface area contributed by atoms with Gasteiger partial charge in [-0.3, -0.25) is 10.1 Å². The average molecular weight is 322 g/mol. The third-order valence-corrected chi connectivity index (χ3v) is 3.30. The number of hydrogen-bond donors (Lipinski definition) is 0. The Morgan fingerprint density at radius 1 is 1.08 bits per heavy atom. The average Bonchev–Trinajstić information content (AvgIpc) is 2.95. The molecule has 1 heterocycles. The van der Waals surface area contributed by atoms with Gasteiger partial charge in [0.25, 0.3) is 0 Å². The number of nitro groups is 1. The molecule has 24 heavy (non-hydrogen) atoms. The highest BCUT2D eigenvalue weighted by Crippen LogP contribution is 2.26. The number of aryl methyl sites for hydroxylation is 1. The molecule has 3 rings (SSSR count). The van der Waals surface area contributed by atoms with Gasteiger partial charge < -0.3 is 9.26 Å². The minimum atomic E-state index is -0.500. The Morgan fingerprint density at radius 3 is 2.58 bits per heavy atom. The first-order chi connectivity index (χ1) is 11.6. The van der Waals surface area contributed by atoms with Crippen LogP contribution in [0.2, 0.25) is 0 Å². The van der Waals surface area contributed by atoms with Gasteiger partial charge in [0.15, 0.2) is 5.69 Å². The normalized spacial score (nSPS) is 10.9. The Labute approximate surface area is 138 Å². The smallest absolute Gasteiger partial charge is 0.338 e. The summed E-state index contributed by atoms with van der Waals surface area (Å²) in [5, 5.41) is 14.7. The van der Waals surface area contributed by atoms with Crippen LogP contribution >= 0.6 is 0 Å². The van der Waals surface area contributed by atoms with Gasteiger partial charge in [0.1, 0.15) is 11.5 Å². The standard InChI is InChI=1S/C18H14N2O4/c1-13-18(20(21)22)17(24-19-13)11-10-14-6-5-9-16(12-14)23-15-7-3-2-4-8-15/h2-12H,1H3/b11-10+. The summed E-state index contributed by atoms with van der Waals surface area (Å²) in [4.78, 5) is 10.5. The van der Waals surface area contributed by atoms with Crippen molar-refractivity contribution in [3.63, 3.8) is 0 Å². The van der Waals surface area contributed by atoms with Crippen LogP contribution < -0.4 is 4.74 Å². The van der Waals surface area contributed by atoms with E-state index in [1.54, 1.807) is 6.08 Å². The van der Waals surface area contributed by atoms with Crippen molar-refractivity contribution in [1.29, 1.82) is 0 Å². The van der Waals surface area contributed by atoms with Crippen LogP contribution in [0.3, 0.4) is 0 Å². The van der Waals surface area contributed by atoms with Gasteiger partial charge in [-0.1, -0.05) is 41.6 Å². The van der Waals surface area contributed by atoms with Crippen molar-refractivity contribution in [3.8, 4) is 11.5 Å². The molecule has 0 aliphatic carbocycles. The lowest BCUT2D eigenvalue weighted by Crippen LogP contribution is -1.90. The van der Waals surface area contributed by atoms with Gasteiger partial charge in [-0.15, -0.1) is 0 Å². The molecule has 0 bridgehead atoms. The van der Waals surface area contributed by atoms with Crippen molar-refractivity contribution in [2.45, 2.75) is 6.92 Å². The first kappa shape index (κ1) is 15.5. The van der Waals surface area contributed by atoms with E-state index in [1.165, 1.54) is 13.0 Å². The fraction of sp³-hybridized carbons (Fsp3) is 0.0556. The molecule has 0 saturated carbocycles. The van der Waals surface area contributed by atoms with E-state index in [-0.39, 0.29) is 17.1 Å². The van der Waals surface area contributed by atoms with E-state index in [1.807, 2.05) is 54.6 Å². The second-order valence-electron chi connectivity index (χ2n) is 5.06. The van der Waals surface area contributed by atoms with E-state index in [2.05, 4.69) is 5.16 Å². The van der Waals surface area contributed by atoms with Crippen molar-refractivity contribution < 1.29 is 14.2 Å². The van der Waals surface area contributed by atoms with Crippen LogP contribution in [0.25, 0.3) is 12.2 Å². The van der Waals surface area contributed by atoms with Gasteiger partial charge in [0, 0.05) is 0 Å². The highest BCUT2D eigenvalue weighted by Gasteiger charge is 2.21. The molecule has 2 aromatic carbocycles. The molecule has 0 spiro atoms. The maximum Gasteiger partial charge on any atom is 0.338 e. The molecular weight excluding hydrogens is 308 g/mol. The van der Waals surface area contributed by atoms with Crippen LogP contribution in [0.1, 0.15) is 17.0 Å². The minimum Gasteiger partial charge on any atom is -0.457 e. The summed E-state index contributed by atoms with van der Waals surface area (Å²) >= 11 is 0. The van der Waals surface area contributed by atoms with Gasteiger partial charge in [-0.25, -0.2) is 0 Å².